The van der Waals surface area contributed by atoms with Crippen molar-refractivity contribution in [1.29, 1.82) is 0 Å². The van der Waals surface area contributed by atoms with Crippen LogP contribution < -0.4 is 10.1 Å². The average Bonchev–Trinajstić information content (AvgIpc) is 2.92. The molecule has 1 amide bonds. The van der Waals surface area contributed by atoms with E-state index >= 15 is 0 Å². The lowest BCUT2D eigenvalue weighted by Gasteiger charge is -2.23. The zero-order chi connectivity index (χ0) is 17.9. The van der Waals surface area contributed by atoms with Gasteiger partial charge in [-0.25, -0.2) is 4.79 Å². The molecule has 0 aliphatic rings. The van der Waals surface area contributed by atoms with Gasteiger partial charge in [-0.15, -0.1) is 0 Å². The van der Waals surface area contributed by atoms with E-state index in [4.69, 9.17) is 14.3 Å². The number of benzene rings is 1. The summed E-state index contributed by atoms with van der Waals surface area (Å²) in [5.41, 5.74) is 0.0720. The smallest absolute Gasteiger partial charge is 0.339 e. The van der Waals surface area contributed by atoms with E-state index in [9.17, 15) is 9.59 Å². The number of ether oxygens (including phenoxy) is 1. The molecule has 2 N–H and O–H groups in total. The highest BCUT2D eigenvalue weighted by atomic mass is 16.5. The van der Waals surface area contributed by atoms with E-state index < -0.39 is 17.5 Å². The minimum atomic E-state index is -1.12. The van der Waals surface area contributed by atoms with Crippen LogP contribution >= 0.6 is 0 Å². The maximum Gasteiger partial charge on any atom is 0.339 e. The van der Waals surface area contributed by atoms with Gasteiger partial charge < -0.3 is 19.6 Å². The van der Waals surface area contributed by atoms with E-state index in [1.165, 1.54) is 6.07 Å². The minimum Gasteiger partial charge on any atom is -0.486 e. The van der Waals surface area contributed by atoms with Crippen LogP contribution in [0.2, 0.25) is 0 Å². The second-order valence-electron chi connectivity index (χ2n) is 6.27. The molecular weight excluding hydrogens is 310 g/mol. The van der Waals surface area contributed by atoms with Gasteiger partial charge in [0.05, 0.1) is 5.69 Å². The molecule has 0 atom stereocenters. The SMILES string of the molecule is CCc1oc(C(=O)Nc2ccccc2OC(C)(C)C)cc1C(=O)O. The van der Waals surface area contributed by atoms with Gasteiger partial charge in [-0.2, -0.15) is 0 Å². The van der Waals surface area contributed by atoms with Crippen molar-refractivity contribution in [3.8, 4) is 5.75 Å². The number of carbonyl (C=O) groups excluding carboxylic acids is 1. The second-order valence-corrected chi connectivity index (χ2v) is 6.27. The normalized spacial score (nSPS) is 11.2. The molecule has 0 aliphatic heterocycles. The van der Waals surface area contributed by atoms with E-state index in [0.29, 0.717) is 17.9 Å². The summed E-state index contributed by atoms with van der Waals surface area (Å²) < 4.78 is 11.2. The molecule has 24 heavy (non-hydrogen) atoms. The number of anilines is 1. The summed E-state index contributed by atoms with van der Waals surface area (Å²) in [6, 6.07) is 8.28. The summed E-state index contributed by atoms with van der Waals surface area (Å²) in [5, 5.41) is 11.8. The van der Waals surface area contributed by atoms with Crippen molar-refractivity contribution in [1.82, 2.24) is 0 Å². The molecule has 1 aromatic heterocycles. The number of aromatic carboxylic acids is 1. The van der Waals surface area contributed by atoms with Crippen LogP contribution in [-0.4, -0.2) is 22.6 Å². The average molecular weight is 331 g/mol. The Kier molecular flexibility index (Phi) is 4.97. The third-order valence-electron chi connectivity index (χ3n) is 3.14. The standard InChI is InChI=1S/C18H21NO5/c1-5-13-11(17(21)22)10-15(23-13)16(20)19-12-8-6-7-9-14(12)24-18(2,3)4/h6-10H,5H2,1-4H3,(H,19,20)(H,21,22). The molecule has 1 aromatic carbocycles. The Bertz CT molecular complexity index is 755. The van der Waals surface area contributed by atoms with Gasteiger partial charge in [0.2, 0.25) is 0 Å². The number of aryl methyl sites for hydroxylation is 1. The third kappa shape index (κ3) is 4.16. The molecule has 0 fully saturated rings. The molecule has 1 heterocycles. The second kappa shape index (κ2) is 6.78. The predicted octanol–water partition coefficient (Wildman–Crippen LogP) is 3.97. The Morgan fingerprint density at radius 1 is 1.25 bits per heavy atom. The fourth-order valence-corrected chi connectivity index (χ4v) is 2.16. The van der Waals surface area contributed by atoms with Gasteiger partial charge in [-0.05, 0) is 32.9 Å². The number of amides is 1. The molecule has 0 aliphatic carbocycles. The molecule has 0 saturated heterocycles. The van der Waals surface area contributed by atoms with Crippen LogP contribution in [0, 0.1) is 0 Å². The van der Waals surface area contributed by atoms with Crippen LogP contribution in [0.4, 0.5) is 5.69 Å². The lowest BCUT2D eigenvalue weighted by Crippen LogP contribution is -2.24. The summed E-state index contributed by atoms with van der Waals surface area (Å²) in [4.78, 5) is 23.6. The zero-order valence-corrected chi connectivity index (χ0v) is 14.2. The van der Waals surface area contributed by atoms with E-state index in [0.717, 1.165) is 0 Å². The van der Waals surface area contributed by atoms with Crippen LogP contribution in [0.15, 0.2) is 34.7 Å². The Morgan fingerprint density at radius 2 is 1.92 bits per heavy atom. The van der Waals surface area contributed by atoms with Gasteiger partial charge in [0.1, 0.15) is 22.7 Å². The number of nitrogens with one attached hydrogen (secondary N) is 1. The summed E-state index contributed by atoms with van der Waals surface area (Å²) >= 11 is 0. The summed E-state index contributed by atoms with van der Waals surface area (Å²) in [6.07, 6.45) is 0.388. The summed E-state index contributed by atoms with van der Waals surface area (Å²) in [7, 11) is 0. The van der Waals surface area contributed by atoms with Gasteiger partial charge in [-0.3, -0.25) is 4.79 Å². The predicted molar refractivity (Wildman–Crippen MR) is 89.8 cm³/mol. The molecule has 0 spiro atoms. The molecule has 6 heteroatoms. The molecule has 6 nitrogen and oxygen atoms in total. The Balaban J connectivity index is 2.26. The van der Waals surface area contributed by atoms with Gasteiger partial charge in [0, 0.05) is 12.5 Å². The molecular formula is C18H21NO5. The lowest BCUT2D eigenvalue weighted by molar-refractivity contribution is 0.0694. The largest absolute Gasteiger partial charge is 0.486 e. The van der Waals surface area contributed by atoms with E-state index in [1.807, 2.05) is 20.8 Å². The number of carbonyl (C=O) groups is 2. The molecule has 0 radical (unpaired) electrons. The number of carboxylic acid groups (broad SMARTS) is 1. The fourth-order valence-electron chi connectivity index (χ4n) is 2.16. The highest BCUT2D eigenvalue weighted by Gasteiger charge is 2.21. The number of para-hydroxylation sites is 2. The third-order valence-corrected chi connectivity index (χ3v) is 3.14. The molecule has 2 aromatic rings. The monoisotopic (exact) mass is 331 g/mol. The minimum absolute atomic E-state index is 0.00174. The number of hydrogen-bond donors (Lipinski definition) is 2. The van der Waals surface area contributed by atoms with Crippen molar-refractivity contribution in [2.45, 2.75) is 39.7 Å². The first kappa shape index (κ1) is 17.6. The first-order valence-electron chi connectivity index (χ1n) is 7.66. The zero-order valence-electron chi connectivity index (χ0n) is 14.2. The van der Waals surface area contributed by atoms with Crippen molar-refractivity contribution in [3.05, 3.63) is 47.4 Å². The lowest BCUT2D eigenvalue weighted by atomic mass is 10.2. The maximum absolute atomic E-state index is 12.4. The highest BCUT2D eigenvalue weighted by Crippen LogP contribution is 2.28. The fraction of sp³-hybridized carbons (Fsp3) is 0.333. The van der Waals surface area contributed by atoms with Gasteiger partial charge in [-0.1, -0.05) is 19.1 Å². The van der Waals surface area contributed by atoms with Crippen molar-refractivity contribution in [2.24, 2.45) is 0 Å². The maximum atomic E-state index is 12.4. The summed E-state index contributed by atoms with van der Waals surface area (Å²) in [5.74, 6) is -0.894. The van der Waals surface area contributed by atoms with Crippen LogP contribution in [0.25, 0.3) is 0 Å². The molecule has 0 bridgehead atoms. The summed E-state index contributed by atoms with van der Waals surface area (Å²) in [6.45, 7) is 7.49. The van der Waals surface area contributed by atoms with E-state index in [1.54, 1.807) is 31.2 Å². The van der Waals surface area contributed by atoms with E-state index in [-0.39, 0.29) is 17.1 Å². The Labute approximate surface area is 140 Å². The first-order valence-corrected chi connectivity index (χ1v) is 7.66. The van der Waals surface area contributed by atoms with Crippen molar-refractivity contribution < 1.29 is 23.8 Å². The van der Waals surface area contributed by atoms with E-state index in [2.05, 4.69) is 5.32 Å². The quantitative estimate of drug-likeness (QED) is 0.865. The van der Waals surface area contributed by atoms with Crippen LogP contribution in [0.1, 0.15) is 54.4 Å². The number of hydrogen-bond acceptors (Lipinski definition) is 4. The number of furan rings is 1. The van der Waals surface area contributed by atoms with Crippen LogP contribution in [-0.2, 0) is 6.42 Å². The topological polar surface area (TPSA) is 88.8 Å². The van der Waals surface area contributed by atoms with Gasteiger partial charge >= 0.3 is 5.97 Å². The van der Waals surface area contributed by atoms with Gasteiger partial charge in [0.25, 0.3) is 5.91 Å². The molecule has 2 rings (SSSR count). The first-order chi connectivity index (χ1) is 11.2. The van der Waals surface area contributed by atoms with Gasteiger partial charge in [0.15, 0.2) is 5.76 Å². The Hall–Kier alpha value is -2.76. The van der Waals surface area contributed by atoms with Crippen LogP contribution in [0.3, 0.4) is 0 Å². The van der Waals surface area contributed by atoms with Crippen molar-refractivity contribution >= 4 is 17.6 Å². The molecule has 0 unspecified atom stereocenters. The van der Waals surface area contributed by atoms with Crippen molar-refractivity contribution in [3.63, 3.8) is 0 Å². The van der Waals surface area contributed by atoms with Crippen molar-refractivity contribution in [2.75, 3.05) is 5.32 Å². The van der Waals surface area contributed by atoms with Crippen LogP contribution in [0.5, 0.6) is 5.75 Å². The number of carboxylic acids is 1. The molecule has 0 saturated carbocycles. The number of rotatable bonds is 5. The Morgan fingerprint density at radius 3 is 2.46 bits per heavy atom. The molecule has 128 valence electrons. The highest BCUT2D eigenvalue weighted by molar-refractivity contribution is 6.04.